The molecule has 2 fully saturated rings. The molecule has 3 aliphatic rings. The third kappa shape index (κ3) is 4.00. The number of aliphatic imine (C=N–C) groups is 1. The Morgan fingerprint density at radius 3 is 2.64 bits per heavy atom. The van der Waals surface area contributed by atoms with Crippen molar-refractivity contribution in [2.45, 2.75) is 50.9 Å². The Kier molecular flexibility index (Phi) is 5.54. The van der Waals surface area contributed by atoms with E-state index in [1.807, 2.05) is 6.07 Å². The molecule has 1 aliphatic carbocycles. The number of amidine groups is 2. The van der Waals surface area contributed by atoms with Gasteiger partial charge in [-0.15, -0.1) is 0 Å². The van der Waals surface area contributed by atoms with Crippen LogP contribution < -0.4 is 15.5 Å². The van der Waals surface area contributed by atoms with Gasteiger partial charge in [0.2, 0.25) is 0 Å². The zero-order valence-electron chi connectivity index (χ0n) is 16.3. The molecule has 1 atom stereocenters. The quantitative estimate of drug-likeness (QED) is 0.545. The Labute approximate surface area is 165 Å². The Morgan fingerprint density at radius 1 is 1.18 bits per heavy atom. The first-order valence-electron chi connectivity index (χ1n) is 10.2. The van der Waals surface area contributed by atoms with Gasteiger partial charge in [0.25, 0.3) is 0 Å². The van der Waals surface area contributed by atoms with Gasteiger partial charge in [-0.2, -0.15) is 0 Å². The topological polar surface area (TPSA) is 89.3 Å². The van der Waals surface area contributed by atoms with E-state index in [9.17, 15) is 4.39 Å². The standard InChI is InChI=1S/C20H28FN7/c1-23-20-15(10-14(21)12-24-20)18(22)25-16-11-17(28-8-5-9-28)27-19(26-16)13-6-3-2-4-7-13/h11-13,15H,2-10H2,1H3,(H,23,24)(H2,22,25,26,27). The Hall–Kier alpha value is -2.51. The summed E-state index contributed by atoms with van der Waals surface area (Å²) in [4.78, 5) is 15.9. The molecule has 28 heavy (non-hydrogen) atoms. The van der Waals surface area contributed by atoms with Crippen molar-refractivity contribution >= 4 is 23.3 Å². The highest BCUT2D eigenvalue weighted by atomic mass is 19.1. The molecule has 3 heterocycles. The highest BCUT2D eigenvalue weighted by Gasteiger charge is 2.27. The van der Waals surface area contributed by atoms with Crippen LogP contribution in [0.25, 0.3) is 0 Å². The molecule has 2 aliphatic heterocycles. The van der Waals surface area contributed by atoms with E-state index in [2.05, 4.69) is 20.5 Å². The fourth-order valence-electron chi connectivity index (χ4n) is 4.04. The number of halogens is 1. The predicted octanol–water partition coefficient (Wildman–Crippen LogP) is 3.57. The maximum atomic E-state index is 13.7. The largest absolute Gasteiger partial charge is 0.376 e. The molecule has 8 heteroatoms. The molecular formula is C20H28FN7. The molecule has 150 valence electrons. The molecule has 0 spiro atoms. The molecule has 0 radical (unpaired) electrons. The second-order valence-corrected chi connectivity index (χ2v) is 7.78. The van der Waals surface area contributed by atoms with Gasteiger partial charge < -0.3 is 15.5 Å². The first kappa shape index (κ1) is 18.8. The van der Waals surface area contributed by atoms with E-state index < -0.39 is 5.92 Å². The van der Waals surface area contributed by atoms with Gasteiger partial charge in [0.15, 0.2) is 0 Å². The van der Waals surface area contributed by atoms with Gasteiger partial charge in [0.1, 0.15) is 35.0 Å². The third-order valence-electron chi connectivity index (χ3n) is 5.82. The predicted molar refractivity (Wildman–Crippen MR) is 110 cm³/mol. The van der Waals surface area contributed by atoms with Gasteiger partial charge >= 0.3 is 0 Å². The average molecular weight is 385 g/mol. The maximum Gasteiger partial charge on any atom is 0.137 e. The molecule has 1 saturated heterocycles. The first-order chi connectivity index (χ1) is 13.6. The molecule has 3 N–H and O–H groups in total. The number of nitrogens with zero attached hydrogens (tertiary/aromatic N) is 4. The minimum absolute atomic E-state index is 0.130. The van der Waals surface area contributed by atoms with Crippen molar-refractivity contribution in [3.05, 3.63) is 23.9 Å². The van der Waals surface area contributed by atoms with Gasteiger partial charge in [-0.05, 0) is 19.3 Å². The molecule has 4 rings (SSSR count). The summed E-state index contributed by atoms with van der Waals surface area (Å²) in [5.41, 5.74) is 0. The van der Waals surface area contributed by atoms with Crippen LogP contribution in [0.5, 0.6) is 0 Å². The number of hydrogen-bond donors (Lipinski definition) is 3. The maximum absolute atomic E-state index is 13.7. The fourth-order valence-corrected chi connectivity index (χ4v) is 4.04. The minimum atomic E-state index is -0.462. The molecule has 7 nitrogen and oxygen atoms in total. The van der Waals surface area contributed by atoms with Crippen molar-refractivity contribution in [1.82, 2.24) is 15.3 Å². The molecule has 0 amide bonds. The van der Waals surface area contributed by atoms with Crippen molar-refractivity contribution < 1.29 is 4.39 Å². The van der Waals surface area contributed by atoms with Crippen molar-refractivity contribution in [3.8, 4) is 0 Å². The van der Waals surface area contributed by atoms with Crippen molar-refractivity contribution in [3.63, 3.8) is 0 Å². The van der Waals surface area contributed by atoms with Crippen LogP contribution in [0.4, 0.5) is 16.0 Å². The van der Waals surface area contributed by atoms with E-state index in [0.717, 1.165) is 37.6 Å². The zero-order valence-corrected chi connectivity index (χ0v) is 16.3. The summed E-state index contributed by atoms with van der Waals surface area (Å²) >= 11 is 0. The third-order valence-corrected chi connectivity index (χ3v) is 5.82. The van der Waals surface area contributed by atoms with Gasteiger partial charge in [-0.25, -0.2) is 19.4 Å². The van der Waals surface area contributed by atoms with Crippen LogP contribution in [0.1, 0.15) is 56.7 Å². The Bertz CT molecular complexity index is 794. The van der Waals surface area contributed by atoms with Crippen LogP contribution in [0, 0.1) is 11.3 Å². The van der Waals surface area contributed by atoms with Crippen LogP contribution in [0.15, 0.2) is 23.1 Å². The molecule has 1 aromatic heterocycles. The zero-order chi connectivity index (χ0) is 19.5. The van der Waals surface area contributed by atoms with Gasteiger partial charge in [-0.1, -0.05) is 19.3 Å². The number of nitrogens with one attached hydrogen (secondary N) is 3. The lowest BCUT2D eigenvalue weighted by Crippen LogP contribution is -2.39. The number of allylic oxidation sites excluding steroid dienone is 1. The van der Waals surface area contributed by atoms with Gasteiger partial charge in [-0.3, -0.25) is 5.41 Å². The van der Waals surface area contributed by atoms with Gasteiger partial charge in [0, 0.05) is 38.5 Å². The summed E-state index contributed by atoms with van der Waals surface area (Å²) in [5.74, 6) is 2.80. The lowest BCUT2D eigenvalue weighted by Gasteiger charge is -2.33. The Balaban J connectivity index is 1.56. The molecule has 0 aromatic carbocycles. The second-order valence-electron chi connectivity index (χ2n) is 7.78. The van der Waals surface area contributed by atoms with E-state index in [4.69, 9.17) is 15.4 Å². The van der Waals surface area contributed by atoms with E-state index in [1.54, 1.807) is 7.05 Å². The van der Waals surface area contributed by atoms with Crippen LogP contribution in [-0.4, -0.2) is 41.8 Å². The Morgan fingerprint density at radius 2 is 1.96 bits per heavy atom. The van der Waals surface area contributed by atoms with E-state index >= 15 is 0 Å². The summed E-state index contributed by atoms with van der Waals surface area (Å²) in [6, 6.07) is 1.91. The molecule has 0 bridgehead atoms. The lowest BCUT2D eigenvalue weighted by atomic mass is 9.88. The smallest absolute Gasteiger partial charge is 0.137 e. The molecular weight excluding hydrogens is 357 g/mol. The number of rotatable bonds is 4. The number of aromatic nitrogens is 2. The minimum Gasteiger partial charge on any atom is -0.376 e. The number of hydrogen-bond acceptors (Lipinski definition) is 6. The monoisotopic (exact) mass is 385 g/mol. The molecule has 1 saturated carbocycles. The molecule has 1 unspecified atom stereocenters. The van der Waals surface area contributed by atoms with Crippen molar-refractivity contribution in [2.24, 2.45) is 10.9 Å². The summed E-state index contributed by atoms with van der Waals surface area (Å²) < 4.78 is 13.7. The summed E-state index contributed by atoms with van der Waals surface area (Å²) in [5, 5.41) is 14.6. The fraction of sp³-hybridized carbons (Fsp3) is 0.600. The number of anilines is 2. The normalized spacial score (nSPS) is 22.8. The van der Waals surface area contributed by atoms with Crippen LogP contribution >= 0.6 is 0 Å². The van der Waals surface area contributed by atoms with E-state index in [-0.39, 0.29) is 18.1 Å². The summed E-state index contributed by atoms with van der Waals surface area (Å²) in [6.07, 6.45) is 8.48. The molecule has 1 aromatic rings. The van der Waals surface area contributed by atoms with Crippen LogP contribution in [-0.2, 0) is 0 Å². The highest BCUT2D eigenvalue weighted by molar-refractivity contribution is 6.10. The van der Waals surface area contributed by atoms with Crippen molar-refractivity contribution in [1.29, 1.82) is 5.41 Å². The lowest BCUT2D eigenvalue weighted by molar-refractivity contribution is 0.428. The highest BCUT2D eigenvalue weighted by Crippen LogP contribution is 2.33. The van der Waals surface area contributed by atoms with E-state index in [0.29, 0.717) is 17.6 Å². The van der Waals surface area contributed by atoms with Crippen molar-refractivity contribution in [2.75, 3.05) is 30.4 Å². The summed E-state index contributed by atoms with van der Waals surface area (Å²) in [7, 11) is 1.74. The van der Waals surface area contributed by atoms with Gasteiger partial charge in [0.05, 0.1) is 12.1 Å². The second kappa shape index (κ2) is 8.24. The van der Waals surface area contributed by atoms with Crippen LogP contribution in [0.3, 0.4) is 0 Å². The first-order valence-corrected chi connectivity index (χ1v) is 10.2. The van der Waals surface area contributed by atoms with Crippen LogP contribution in [0.2, 0.25) is 0 Å². The average Bonchev–Trinajstić information content (AvgIpc) is 2.67. The van der Waals surface area contributed by atoms with E-state index in [1.165, 1.54) is 31.9 Å². The SMILES string of the molecule is CNC1=NC=C(F)CC1C(=N)Nc1cc(N2CCC2)nc(C2CCCCC2)n1. The summed E-state index contributed by atoms with van der Waals surface area (Å²) in [6.45, 7) is 2.01.